The van der Waals surface area contributed by atoms with E-state index in [4.69, 9.17) is 4.74 Å². The molecule has 1 saturated heterocycles. The predicted molar refractivity (Wildman–Crippen MR) is 51.9 cm³/mol. The molecule has 0 amide bonds. The molecular weight excluding hydrogens is 180 g/mol. The van der Waals surface area contributed by atoms with Gasteiger partial charge in [0, 0.05) is 0 Å². The van der Waals surface area contributed by atoms with Crippen LogP contribution < -0.4 is 0 Å². The molecule has 78 valence electrons. The van der Waals surface area contributed by atoms with E-state index in [0.29, 0.717) is 0 Å². The van der Waals surface area contributed by atoms with Crippen molar-refractivity contribution in [1.29, 1.82) is 0 Å². The van der Waals surface area contributed by atoms with Crippen LogP contribution in [0.2, 0.25) is 0 Å². The van der Waals surface area contributed by atoms with Crippen molar-refractivity contribution in [3.63, 3.8) is 0 Å². The molecule has 0 aromatic rings. The van der Waals surface area contributed by atoms with Gasteiger partial charge in [-0.3, -0.25) is 4.79 Å². The molecule has 1 heterocycles. The second kappa shape index (κ2) is 3.48. The van der Waals surface area contributed by atoms with Crippen LogP contribution in [-0.2, 0) is 9.53 Å². The Hall–Kier alpha value is -0.670. The second-order valence-corrected chi connectivity index (χ2v) is 4.11. The highest BCUT2D eigenvalue weighted by Gasteiger charge is 2.63. The van der Waals surface area contributed by atoms with Crippen LogP contribution in [0.1, 0.15) is 32.6 Å². The Kier molecular flexibility index (Phi) is 2.45. The molecule has 0 aromatic heterocycles. The Morgan fingerprint density at radius 2 is 2.43 bits per heavy atom. The van der Waals surface area contributed by atoms with Crippen molar-refractivity contribution in [2.75, 3.05) is 0 Å². The predicted octanol–water partition coefficient (Wildman–Crippen LogP) is 1.20. The Morgan fingerprint density at radius 1 is 1.64 bits per heavy atom. The second-order valence-electron chi connectivity index (χ2n) is 4.11. The summed E-state index contributed by atoms with van der Waals surface area (Å²) in [6.45, 7) is 1.77. The van der Waals surface area contributed by atoms with Crippen LogP contribution in [-0.4, -0.2) is 28.7 Å². The van der Waals surface area contributed by atoms with E-state index in [9.17, 15) is 9.90 Å². The van der Waals surface area contributed by atoms with Crippen LogP contribution in [0.3, 0.4) is 0 Å². The minimum absolute atomic E-state index is 0.125. The zero-order chi connectivity index (χ0) is 10.2. The third-order valence-electron chi connectivity index (χ3n) is 3.20. The van der Waals surface area contributed by atoms with E-state index in [2.05, 4.69) is 0 Å². The molecule has 0 radical (unpaired) electrons. The van der Waals surface area contributed by atoms with Gasteiger partial charge in [0.1, 0.15) is 11.7 Å². The number of hydrogen-bond acceptors (Lipinski definition) is 3. The summed E-state index contributed by atoms with van der Waals surface area (Å²) in [5.41, 5.74) is -0.519. The number of rotatable bonds is 3. The van der Waals surface area contributed by atoms with Gasteiger partial charge in [0.2, 0.25) is 0 Å². The van der Waals surface area contributed by atoms with Crippen LogP contribution >= 0.6 is 0 Å². The van der Waals surface area contributed by atoms with Gasteiger partial charge in [0.25, 0.3) is 0 Å². The third-order valence-corrected chi connectivity index (χ3v) is 3.20. The van der Waals surface area contributed by atoms with Crippen LogP contribution in [0, 0.1) is 0 Å². The minimum Gasteiger partial charge on any atom is -0.382 e. The highest BCUT2D eigenvalue weighted by atomic mass is 16.6. The van der Waals surface area contributed by atoms with Gasteiger partial charge in [-0.1, -0.05) is 18.9 Å². The van der Waals surface area contributed by atoms with Crippen LogP contribution in [0.4, 0.5) is 0 Å². The fourth-order valence-corrected chi connectivity index (χ4v) is 2.36. The van der Waals surface area contributed by atoms with E-state index in [0.717, 1.165) is 25.7 Å². The lowest BCUT2D eigenvalue weighted by atomic mass is 9.83. The van der Waals surface area contributed by atoms with Crippen molar-refractivity contribution in [3.8, 4) is 0 Å². The van der Waals surface area contributed by atoms with Crippen molar-refractivity contribution in [2.24, 2.45) is 0 Å². The lowest BCUT2D eigenvalue weighted by molar-refractivity contribution is -0.125. The number of epoxide rings is 1. The van der Waals surface area contributed by atoms with Gasteiger partial charge < -0.3 is 9.84 Å². The Labute approximate surface area is 83.8 Å². The molecule has 1 aliphatic heterocycles. The first kappa shape index (κ1) is 9.87. The molecule has 3 atom stereocenters. The summed E-state index contributed by atoms with van der Waals surface area (Å²) < 4.78 is 5.49. The van der Waals surface area contributed by atoms with Crippen molar-refractivity contribution >= 4 is 5.78 Å². The summed E-state index contributed by atoms with van der Waals surface area (Å²) >= 11 is 0. The molecule has 2 aliphatic rings. The Balaban J connectivity index is 2.04. The molecule has 0 spiro atoms. The maximum absolute atomic E-state index is 11.5. The van der Waals surface area contributed by atoms with Gasteiger partial charge in [-0.05, 0) is 25.8 Å². The molecule has 3 nitrogen and oxygen atoms in total. The molecule has 14 heavy (non-hydrogen) atoms. The first-order valence-electron chi connectivity index (χ1n) is 5.23. The fraction of sp³-hybridized carbons (Fsp3) is 0.727. The molecule has 1 aliphatic carbocycles. The third kappa shape index (κ3) is 1.41. The zero-order valence-corrected chi connectivity index (χ0v) is 8.40. The fourth-order valence-electron chi connectivity index (χ4n) is 2.36. The molecular formula is C11H16O3. The number of aliphatic hydroxyl groups is 1. The number of hydrogen-bond donors (Lipinski definition) is 1. The highest BCUT2D eigenvalue weighted by molar-refractivity contribution is 5.94. The number of allylic oxidation sites excluding steroid dienone is 1. The maximum Gasteiger partial charge on any atom is 0.186 e. The van der Waals surface area contributed by atoms with E-state index >= 15 is 0 Å². The lowest BCUT2D eigenvalue weighted by Crippen LogP contribution is -2.39. The smallest absolute Gasteiger partial charge is 0.186 e. The lowest BCUT2D eigenvalue weighted by Gasteiger charge is -2.20. The molecule has 0 aromatic carbocycles. The van der Waals surface area contributed by atoms with Crippen molar-refractivity contribution in [1.82, 2.24) is 0 Å². The topological polar surface area (TPSA) is 49.8 Å². The quantitative estimate of drug-likeness (QED) is 0.545. The maximum atomic E-state index is 11.5. The zero-order valence-electron chi connectivity index (χ0n) is 8.40. The van der Waals surface area contributed by atoms with Crippen LogP contribution in [0.25, 0.3) is 0 Å². The van der Waals surface area contributed by atoms with Crippen molar-refractivity contribution in [2.45, 2.75) is 50.4 Å². The largest absolute Gasteiger partial charge is 0.382 e. The summed E-state index contributed by atoms with van der Waals surface area (Å²) in [4.78, 5) is 11.5. The Morgan fingerprint density at radius 3 is 3.07 bits per heavy atom. The summed E-state index contributed by atoms with van der Waals surface area (Å²) in [5.74, 6) is -0.225. The average Bonchev–Trinajstić information content (AvgIpc) is 2.92. The van der Waals surface area contributed by atoms with E-state index in [-0.39, 0.29) is 11.9 Å². The SMILES string of the molecule is CC=CC(=O)C(O)C12CCCCC1O2. The Bertz CT molecular complexity index is 272. The van der Waals surface area contributed by atoms with Crippen LogP contribution in [0.5, 0.6) is 0 Å². The average molecular weight is 196 g/mol. The molecule has 3 unspecified atom stereocenters. The number of aliphatic hydroxyl groups excluding tert-OH is 1. The first-order valence-corrected chi connectivity index (χ1v) is 5.23. The van der Waals surface area contributed by atoms with Gasteiger partial charge in [-0.25, -0.2) is 0 Å². The van der Waals surface area contributed by atoms with Gasteiger partial charge in [0.05, 0.1) is 6.10 Å². The molecule has 2 fully saturated rings. The van der Waals surface area contributed by atoms with E-state index in [1.54, 1.807) is 13.0 Å². The van der Waals surface area contributed by atoms with Gasteiger partial charge in [-0.15, -0.1) is 0 Å². The molecule has 3 heteroatoms. The number of ketones is 1. The molecule has 0 bridgehead atoms. The van der Waals surface area contributed by atoms with Gasteiger partial charge in [0.15, 0.2) is 5.78 Å². The van der Waals surface area contributed by atoms with Crippen LogP contribution in [0.15, 0.2) is 12.2 Å². The summed E-state index contributed by atoms with van der Waals surface area (Å²) in [7, 11) is 0. The van der Waals surface area contributed by atoms with Gasteiger partial charge >= 0.3 is 0 Å². The molecule has 1 N–H and O–H groups in total. The molecule has 2 rings (SSSR count). The van der Waals surface area contributed by atoms with E-state index in [1.807, 2.05) is 0 Å². The number of ether oxygens (including phenoxy) is 1. The van der Waals surface area contributed by atoms with E-state index in [1.165, 1.54) is 6.08 Å². The first-order chi connectivity index (χ1) is 6.70. The highest BCUT2D eigenvalue weighted by Crippen LogP contribution is 2.50. The van der Waals surface area contributed by atoms with Crippen molar-refractivity contribution in [3.05, 3.63) is 12.2 Å². The summed E-state index contributed by atoms with van der Waals surface area (Å²) in [5, 5.41) is 9.85. The number of carbonyl (C=O) groups excluding carboxylic acids is 1. The van der Waals surface area contributed by atoms with E-state index < -0.39 is 11.7 Å². The number of carbonyl (C=O) groups is 1. The molecule has 1 saturated carbocycles. The van der Waals surface area contributed by atoms with Gasteiger partial charge in [-0.2, -0.15) is 0 Å². The summed E-state index contributed by atoms with van der Waals surface area (Å²) in [6, 6.07) is 0. The normalized spacial score (nSPS) is 38.0. The standard InChI is InChI=1S/C11H16O3/c1-2-5-8(12)10(13)11-7-4-3-6-9(11)14-11/h2,5,9-10,13H,3-4,6-7H2,1H3. The minimum atomic E-state index is -0.955. The van der Waals surface area contributed by atoms with Crippen molar-refractivity contribution < 1.29 is 14.6 Å². The summed E-state index contributed by atoms with van der Waals surface area (Å²) in [6.07, 6.45) is 6.26. The number of fused-ring (bicyclic) bond motifs is 1. The monoisotopic (exact) mass is 196 g/mol.